The summed E-state index contributed by atoms with van der Waals surface area (Å²) in [7, 11) is 0. The summed E-state index contributed by atoms with van der Waals surface area (Å²) < 4.78 is 2.23. The molecule has 84 valence electrons. The molecule has 0 saturated heterocycles. The lowest BCUT2D eigenvalue weighted by Crippen LogP contribution is -2.27. The predicted molar refractivity (Wildman–Crippen MR) is 70.2 cm³/mol. The van der Waals surface area contributed by atoms with Gasteiger partial charge in [0.2, 0.25) is 0 Å². The SMILES string of the molecule is OC(CNCc1cc(Br)c(Br)s1)C1CC1. The molecule has 0 amide bonds. The Bertz CT molecular complexity index is 319. The first-order valence-corrected chi connectivity index (χ1v) is 7.39. The highest BCUT2D eigenvalue weighted by Crippen LogP contribution is 2.33. The average Bonchev–Trinajstić information content (AvgIpc) is 2.96. The molecular weight excluding hydrogens is 342 g/mol. The molecule has 0 aliphatic heterocycles. The van der Waals surface area contributed by atoms with Crippen molar-refractivity contribution in [3.8, 4) is 0 Å². The lowest BCUT2D eigenvalue weighted by Gasteiger charge is -2.09. The van der Waals surface area contributed by atoms with E-state index in [1.807, 2.05) is 0 Å². The van der Waals surface area contributed by atoms with Crippen LogP contribution in [0.5, 0.6) is 0 Å². The second-order valence-corrected chi connectivity index (χ2v) is 7.18. The van der Waals surface area contributed by atoms with Crippen LogP contribution in [0.25, 0.3) is 0 Å². The number of halogens is 2. The van der Waals surface area contributed by atoms with Crippen LogP contribution in [0, 0.1) is 5.92 Å². The summed E-state index contributed by atoms with van der Waals surface area (Å²) >= 11 is 8.64. The molecule has 5 heteroatoms. The fourth-order valence-corrected chi connectivity index (χ4v) is 3.62. The largest absolute Gasteiger partial charge is 0.392 e. The molecule has 1 atom stereocenters. The van der Waals surface area contributed by atoms with Crippen LogP contribution in [0.15, 0.2) is 14.3 Å². The second kappa shape index (κ2) is 5.27. The number of thiophene rings is 1. The number of aliphatic hydroxyl groups is 1. The molecule has 0 spiro atoms. The maximum Gasteiger partial charge on any atom is 0.0843 e. The van der Waals surface area contributed by atoms with Gasteiger partial charge < -0.3 is 10.4 Å². The van der Waals surface area contributed by atoms with Gasteiger partial charge in [-0.2, -0.15) is 0 Å². The molecule has 15 heavy (non-hydrogen) atoms. The van der Waals surface area contributed by atoms with Gasteiger partial charge in [-0.25, -0.2) is 0 Å². The second-order valence-electron chi connectivity index (χ2n) is 3.87. The first-order valence-electron chi connectivity index (χ1n) is 4.99. The number of aliphatic hydroxyl groups excluding tert-OH is 1. The van der Waals surface area contributed by atoms with E-state index in [0.29, 0.717) is 12.5 Å². The molecular formula is C10H13Br2NOS. The Morgan fingerprint density at radius 2 is 2.27 bits per heavy atom. The highest BCUT2D eigenvalue weighted by atomic mass is 79.9. The van der Waals surface area contributed by atoms with Gasteiger partial charge in [0, 0.05) is 22.4 Å². The van der Waals surface area contributed by atoms with Crippen molar-refractivity contribution in [2.24, 2.45) is 5.92 Å². The topological polar surface area (TPSA) is 32.3 Å². The Balaban J connectivity index is 1.73. The molecule has 1 aromatic heterocycles. The van der Waals surface area contributed by atoms with Crippen molar-refractivity contribution >= 4 is 43.2 Å². The summed E-state index contributed by atoms with van der Waals surface area (Å²) in [4.78, 5) is 1.27. The van der Waals surface area contributed by atoms with Crippen LogP contribution in [0.3, 0.4) is 0 Å². The molecule has 2 rings (SSSR count). The van der Waals surface area contributed by atoms with Gasteiger partial charge in [-0.1, -0.05) is 0 Å². The van der Waals surface area contributed by atoms with Gasteiger partial charge >= 0.3 is 0 Å². The molecule has 1 aliphatic carbocycles. The van der Waals surface area contributed by atoms with E-state index in [0.717, 1.165) is 14.8 Å². The van der Waals surface area contributed by atoms with Crippen molar-refractivity contribution in [3.63, 3.8) is 0 Å². The van der Waals surface area contributed by atoms with Gasteiger partial charge in [-0.3, -0.25) is 0 Å². The van der Waals surface area contributed by atoms with Crippen LogP contribution in [0.4, 0.5) is 0 Å². The van der Waals surface area contributed by atoms with E-state index in [4.69, 9.17) is 0 Å². The van der Waals surface area contributed by atoms with E-state index in [1.54, 1.807) is 11.3 Å². The maximum absolute atomic E-state index is 9.65. The third-order valence-electron chi connectivity index (χ3n) is 2.52. The first kappa shape index (κ1) is 12.0. The lowest BCUT2D eigenvalue weighted by atomic mass is 10.2. The smallest absolute Gasteiger partial charge is 0.0843 e. The normalized spacial score (nSPS) is 18.1. The van der Waals surface area contributed by atoms with Crippen LogP contribution in [0.1, 0.15) is 17.7 Å². The van der Waals surface area contributed by atoms with Crippen molar-refractivity contribution in [1.29, 1.82) is 0 Å². The van der Waals surface area contributed by atoms with Crippen LogP contribution >= 0.6 is 43.2 Å². The summed E-state index contributed by atoms with van der Waals surface area (Å²) in [5.41, 5.74) is 0. The van der Waals surface area contributed by atoms with Crippen LogP contribution in [-0.4, -0.2) is 17.8 Å². The highest BCUT2D eigenvalue weighted by Gasteiger charge is 2.29. The van der Waals surface area contributed by atoms with Gasteiger partial charge in [0.1, 0.15) is 0 Å². The zero-order valence-electron chi connectivity index (χ0n) is 8.17. The third-order valence-corrected chi connectivity index (χ3v) is 5.77. The molecule has 1 fully saturated rings. The quantitative estimate of drug-likeness (QED) is 0.851. The van der Waals surface area contributed by atoms with Crippen molar-refractivity contribution < 1.29 is 5.11 Å². The number of hydrogen-bond donors (Lipinski definition) is 2. The Morgan fingerprint density at radius 3 is 2.80 bits per heavy atom. The Kier molecular flexibility index (Phi) is 4.24. The molecule has 1 unspecified atom stereocenters. The molecule has 1 aliphatic rings. The van der Waals surface area contributed by atoms with Gasteiger partial charge in [0.25, 0.3) is 0 Å². The van der Waals surface area contributed by atoms with Gasteiger partial charge in [-0.05, 0) is 56.7 Å². The van der Waals surface area contributed by atoms with Crippen LogP contribution in [-0.2, 0) is 6.54 Å². The molecule has 1 aromatic rings. The monoisotopic (exact) mass is 353 g/mol. The van der Waals surface area contributed by atoms with Gasteiger partial charge in [-0.15, -0.1) is 11.3 Å². The molecule has 0 aromatic carbocycles. The summed E-state index contributed by atoms with van der Waals surface area (Å²) in [5.74, 6) is 0.555. The third kappa shape index (κ3) is 3.53. The van der Waals surface area contributed by atoms with Gasteiger partial charge in [0.05, 0.1) is 9.89 Å². The maximum atomic E-state index is 9.65. The first-order chi connectivity index (χ1) is 7.16. The number of nitrogens with one attached hydrogen (secondary N) is 1. The average molecular weight is 355 g/mol. The Hall–Kier alpha value is 0.580. The van der Waals surface area contributed by atoms with Crippen LogP contribution < -0.4 is 5.32 Å². The zero-order valence-corrected chi connectivity index (χ0v) is 12.2. The fourth-order valence-electron chi connectivity index (χ4n) is 1.47. The van der Waals surface area contributed by atoms with E-state index in [9.17, 15) is 5.11 Å². The fraction of sp³-hybridized carbons (Fsp3) is 0.600. The standard InChI is InChI=1S/C10H13Br2NOS/c11-8-3-7(15-10(8)12)4-13-5-9(14)6-1-2-6/h3,6,9,13-14H,1-2,4-5H2. The van der Waals surface area contributed by atoms with E-state index >= 15 is 0 Å². The summed E-state index contributed by atoms with van der Waals surface area (Å²) in [6.07, 6.45) is 2.23. The van der Waals surface area contributed by atoms with Crippen molar-refractivity contribution in [3.05, 3.63) is 19.2 Å². The molecule has 0 radical (unpaired) electrons. The van der Waals surface area contributed by atoms with Gasteiger partial charge in [0.15, 0.2) is 0 Å². The highest BCUT2D eigenvalue weighted by molar-refractivity contribution is 9.13. The molecule has 2 N–H and O–H groups in total. The molecule has 1 heterocycles. The van der Waals surface area contributed by atoms with Crippen molar-refractivity contribution in [1.82, 2.24) is 5.32 Å². The lowest BCUT2D eigenvalue weighted by molar-refractivity contribution is 0.148. The zero-order chi connectivity index (χ0) is 10.8. The van der Waals surface area contributed by atoms with E-state index in [2.05, 4.69) is 43.2 Å². The minimum atomic E-state index is -0.156. The molecule has 1 saturated carbocycles. The van der Waals surface area contributed by atoms with Crippen LogP contribution in [0.2, 0.25) is 0 Å². The van der Waals surface area contributed by atoms with Crippen molar-refractivity contribution in [2.75, 3.05) is 6.54 Å². The van der Waals surface area contributed by atoms with E-state index in [1.165, 1.54) is 17.7 Å². The minimum absolute atomic E-state index is 0.156. The van der Waals surface area contributed by atoms with E-state index in [-0.39, 0.29) is 6.10 Å². The summed E-state index contributed by atoms with van der Waals surface area (Å²) in [6.45, 7) is 1.54. The minimum Gasteiger partial charge on any atom is -0.392 e. The molecule has 2 nitrogen and oxygen atoms in total. The van der Waals surface area contributed by atoms with E-state index < -0.39 is 0 Å². The summed E-state index contributed by atoms with van der Waals surface area (Å²) in [5, 5.41) is 12.9. The molecule has 0 bridgehead atoms. The Morgan fingerprint density at radius 1 is 1.53 bits per heavy atom. The van der Waals surface area contributed by atoms with Crippen molar-refractivity contribution in [2.45, 2.75) is 25.5 Å². The summed E-state index contributed by atoms with van der Waals surface area (Å²) in [6, 6.07) is 2.10. The Labute approximate surface area is 110 Å². The number of rotatable bonds is 5. The predicted octanol–water partition coefficient (Wildman–Crippen LogP) is 3.13. The number of hydrogen-bond acceptors (Lipinski definition) is 3.